The number of Topliss-reactive ketones (excluding diaryl/α,β-unsaturated/α-hetero) is 1. The van der Waals surface area contributed by atoms with Crippen LogP contribution in [0.1, 0.15) is 93.9 Å². The molecule has 4 aliphatic rings. The van der Waals surface area contributed by atoms with Gasteiger partial charge in [0.05, 0.1) is 12.2 Å². The average molecular weight is 516 g/mol. The first-order valence-corrected chi connectivity index (χ1v) is 14.2. The molecule has 4 aliphatic carbocycles. The fourth-order valence-corrected chi connectivity index (χ4v) is 9.88. The van der Waals surface area contributed by atoms with Gasteiger partial charge in [-0.2, -0.15) is 0 Å². The third-order valence-electron chi connectivity index (χ3n) is 11.6. The maximum Gasteiger partial charge on any atom is 0.303 e. The number of fused-ring (bicyclic) bond motifs is 5. The number of ketones is 1. The second-order valence-corrected chi connectivity index (χ2v) is 13.8. The summed E-state index contributed by atoms with van der Waals surface area (Å²) in [6.45, 7) is 16.1. The predicted molar refractivity (Wildman–Crippen MR) is 144 cm³/mol. The smallest absolute Gasteiger partial charge is 0.303 e. The fraction of sp³-hybridized carbons (Fsp3) is 0.806. The molecule has 6 nitrogen and oxygen atoms in total. The van der Waals surface area contributed by atoms with Crippen LogP contribution in [0.25, 0.3) is 0 Å². The number of carbonyl (C=O) groups is 2. The molecule has 208 valence electrons. The Morgan fingerprint density at radius 2 is 1.73 bits per heavy atom. The molecule has 0 spiro atoms. The van der Waals surface area contributed by atoms with Crippen molar-refractivity contribution >= 4 is 11.8 Å². The molecule has 4 rings (SSSR count). The molecule has 6 heteroatoms. The summed E-state index contributed by atoms with van der Waals surface area (Å²) in [7, 11) is 0. The minimum absolute atomic E-state index is 0.00686. The van der Waals surface area contributed by atoms with Gasteiger partial charge in [-0.15, -0.1) is 0 Å². The number of nitrogens with two attached hydrogens (primary N) is 1. The van der Waals surface area contributed by atoms with Crippen LogP contribution in [0.3, 0.4) is 0 Å². The Bertz CT molecular complexity index is 1010. The maximum atomic E-state index is 13.0. The second-order valence-electron chi connectivity index (χ2n) is 13.8. The number of rotatable bonds is 4. The van der Waals surface area contributed by atoms with Gasteiger partial charge >= 0.3 is 5.97 Å². The van der Waals surface area contributed by atoms with E-state index in [9.17, 15) is 19.8 Å². The highest BCUT2D eigenvalue weighted by molar-refractivity contribution is 5.94. The van der Waals surface area contributed by atoms with Gasteiger partial charge in [-0.1, -0.05) is 39.3 Å². The van der Waals surface area contributed by atoms with E-state index in [4.69, 9.17) is 10.5 Å². The summed E-state index contributed by atoms with van der Waals surface area (Å²) in [5.74, 6) is 0.00897. The lowest BCUT2D eigenvalue weighted by Gasteiger charge is -2.69. The monoisotopic (exact) mass is 515 g/mol. The van der Waals surface area contributed by atoms with Gasteiger partial charge in [-0.3, -0.25) is 9.59 Å². The SMILES string of the molecule is CC(=O)O[C@H]1C[C@@]2(C)[C@@H](C[C@@H](O)[C@H]3[C@@]4(C)C[C@@H](N)[C@@H](O)[C@@H](C)[C@@H]4CC[C@@]32C)/C1=C(\CC=C(C)C)C(C)=O. The van der Waals surface area contributed by atoms with Gasteiger partial charge in [-0.05, 0) is 105 Å². The van der Waals surface area contributed by atoms with Crippen LogP contribution >= 0.6 is 0 Å². The topological polar surface area (TPSA) is 110 Å². The Hall–Kier alpha value is -1.50. The van der Waals surface area contributed by atoms with Gasteiger partial charge in [0.25, 0.3) is 0 Å². The summed E-state index contributed by atoms with van der Waals surface area (Å²) in [6, 6.07) is -0.308. The van der Waals surface area contributed by atoms with Crippen molar-refractivity contribution < 1.29 is 24.5 Å². The molecule has 37 heavy (non-hydrogen) atoms. The quantitative estimate of drug-likeness (QED) is 0.284. The van der Waals surface area contributed by atoms with Crippen LogP contribution in [0.4, 0.5) is 0 Å². The summed E-state index contributed by atoms with van der Waals surface area (Å²) >= 11 is 0. The molecule has 4 saturated carbocycles. The Kier molecular flexibility index (Phi) is 7.40. The zero-order valence-corrected chi connectivity index (χ0v) is 24.1. The van der Waals surface area contributed by atoms with Crippen LogP contribution in [-0.4, -0.2) is 46.3 Å². The molecule has 0 aliphatic heterocycles. The molecule has 0 amide bonds. The number of aliphatic hydroxyl groups is 2. The van der Waals surface area contributed by atoms with E-state index in [0.717, 1.165) is 29.6 Å². The molecule has 0 aromatic heterocycles. The van der Waals surface area contributed by atoms with E-state index in [1.54, 1.807) is 6.92 Å². The molecule has 0 aromatic carbocycles. The molecule has 0 saturated heterocycles. The fourth-order valence-electron chi connectivity index (χ4n) is 9.88. The Morgan fingerprint density at radius 3 is 2.30 bits per heavy atom. The van der Waals surface area contributed by atoms with Crippen LogP contribution in [0.15, 0.2) is 22.8 Å². The molecule has 0 heterocycles. The highest BCUT2D eigenvalue weighted by Crippen LogP contribution is 2.74. The van der Waals surface area contributed by atoms with Crippen molar-refractivity contribution in [3.63, 3.8) is 0 Å². The first-order chi connectivity index (χ1) is 17.1. The summed E-state index contributed by atoms with van der Waals surface area (Å²) < 4.78 is 5.95. The molecule has 4 N–H and O–H groups in total. The van der Waals surface area contributed by atoms with E-state index >= 15 is 0 Å². The van der Waals surface area contributed by atoms with E-state index in [1.165, 1.54) is 6.92 Å². The standard InChI is InChI=1S/C31H49NO5/c1-16(2)9-10-20(18(4)33)26-22-13-24(35)28-29(6)14-23(32)27(36)17(3)21(29)11-12-30(28,7)31(22,8)15-25(26)37-19(5)34/h9,17,21-25,27-28,35-36H,10-15,32H2,1-8H3/b26-20-/t17-,21-,22-,23+,24+,25-,27-,28-,29-,30-,31-/m0/s1. The van der Waals surface area contributed by atoms with Crippen molar-refractivity contribution in [1.82, 2.24) is 0 Å². The average Bonchev–Trinajstić information content (AvgIpc) is 3.03. The van der Waals surface area contributed by atoms with Crippen molar-refractivity contribution in [3.05, 3.63) is 22.8 Å². The summed E-state index contributed by atoms with van der Waals surface area (Å²) in [4.78, 5) is 25.3. The number of carbonyl (C=O) groups excluding carboxylic acids is 2. The van der Waals surface area contributed by atoms with Crippen molar-refractivity contribution in [2.45, 2.75) is 118 Å². The highest BCUT2D eigenvalue weighted by atomic mass is 16.5. The lowest BCUT2D eigenvalue weighted by Crippen LogP contribution is -2.68. The minimum Gasteiger partial charge on any atom is -0.458 e. The van der Waals surface area contributed by atoms with E-state index in [0.29, 0.717) is 31.6 Å². The van der Waals surface area contributed by atoms with Gasteiger partial charge in [0, 0.05) is 18.5 Å². The number of hydrogen-bond donors (Lipinski definition) is 3. The van der Waals surface area contributed by atoms with Gasteiger partial charge in [0.2, 0.25) is 0 Å². The highest BCUT2D eigenvalue weighted by Gasteiger charge is 2.71. The zero-order chi connectivity index (χ0) is 27.7. The third-order valence-corrected chi connectivity index (χ3v) is 11.6. The third kappa shape index (κ3) is 4.26. The Labute approximate surface area is 223 Å². The zero-order valence-electron chi connectivity index (χ0n) is 24.1. The van der Waals surface area contributed by atoms with E-state index in [-0.39, 0.29) is 51.8 Å². The van der Waals surface area contributed by atoms with Gasteiger partial charge in [0.15, 0.2) is 5.78 Å². The normalized spacial score (nSPS) is 48.3. The largest absolute Gasteiger partial charge is 0.458 e. The van der Waals surface area contributed by atoms with Crippen LogP contribution in [0.5, 0.6) is 0 Å². The first-order valence-electron chi connectivity index (χ1n) is 14.2. The van der Waals surface area contributed by atoms with Gasteiger partial charge in [-0.25, -0.2) is 0 Å². The maximum absolute atomic E-state index is 13.0. The molecule has 0 aromatic rings. The molecular formula is C31H49NO5. The van der Waals surface area contributed by atoms with Crippen LogP contribution in [-0.2, 0) is 14.3 Å². The Balaban J connectivity index is 1.86. The number of esters is 1. The molecule has 4 fully saturated rings. The molecular weight excluding hydrogens is 466 g/mol. The van der Waals surface area contributed by atoms with Gasteiger partial charge < -0.3 is 20.7 Å². The molecule has 0 radical (unpaired) electrons. The van der Waals surface area contributed by atoms with E-state index in [2.05, 4.69) is 33.8 Å². The first kappa shape index (κ1) is 28.5. The molecule has 0 bridgehead atoms. The number of allylic oxidation sites excluding steroid dienone is 3. The lowest BCUT2D eigenvalue weighted by molar-refractivity contribution is -0.236. The van der Waals surface area contributed by atoms with Crippen molar-refractivity contribution in [1.29, 1.82) is 0 Å². The number of hydrogen-bond acceptors (Lipinski definition) is 6. The van der Waals surface area contributed by atoms with E-state index in [1.807, 2.05) is 13.8 Å². The summed E-state index contributed by atoms with van der Waals surface area (Å²) in [6.07, 6.45) is 4.83. The molecule has 11 atom stereocenters. The number of aliphatic hydroxyl groups excluding tert-OH is 2. The number of ether oxygens (including phenoxy) is 1. The van der Waals surface area contributed by atoms with E-state index < -0.39 is 18.3 Å². The molecule has 0 unspecified atom stereocenters. The van der Waals surface area contributed by atoms with Crippen LogP contribution < -0.4 is 5.73 Å². The van der Waals surface area contributed by atoms with Gasteiger partial charge in [0.1, 0.15) is 6.10 Å². The summed E-state index contributed by atoms with van der Waals surface area (Å²) in [5, 5.41) is 22.8. The second kappa shape index (κ2) is 9.60. The van der Waals surface area contributed by atoms with Crippen LogP contribution in [0.2, 0.25) is 0 Å². The summed E-state index contributed by atoms with van der Waals surface area (Å²) in [5.41, 5.74) is 8.60. The predicted octanol–water partition coefficient (Wildman–Crippen LogP) is 4.72. The van der Waals surface area contributed by atoms with Crippen LogP contribution in [0, 0.1) is 39.9 Å². The van der Waals surface area contributed by atoms with Crippen molar-refractivity contribution in [3.8, 4) is 0 Å². The lowest BCUT2D eigenvalue weighted by atomic mass is 9.36. The van der Waals surface area contributed by atoms with Crippen molar-refractivity contribution in [2.24, 2.45) is 45.7 Å². The van der Waals surface area contributed by atoms with Crippen molar-refractivity contribution in [2.75, 3.05) is 0 Å². The minimum atomic E-state index is -0.562. The Morgan fingerprint density at radius 1 is 1.08 bits per heavy atom.